The van der Waals surface area contributed by atoms with Gasteiger partial charge in [-0.05, 0) is 11.6 Å². The Bertz CT molecular complexity index is 290. The van der Waals surface area contributed by atoms with Gasteiger partial charge in [0.15, 0.2) is 0 Å². The van der Waals surface area contributed by atoms with E-state index in [2.05, 4.69) is 0 Å². The molecule has 0 bridgehead atoms. The Morgan fingerprint density at radius 3 is 2.75 bits per heavy atom. The van der Waals surface area contributed by atoms with Gasteiger partial charge in [0.1, 0.15) is 6.67 Å². The maximum Gasteiger partial charge on any atom is 0.121 e. The van der Waals surface area contributed by atoms with Crippen LogP contribution in [-0.4, -0.2) is 22.1 Å². The number of fused-ring (bicyclic) bond motifs is 1. The van der Waals surface area contributed by atoms with Crippen LogP contribution in [0.1, 0.15) is 5.56 Å². The molecule has 1 aliphatic rings. The van der Waals surface area contributed by atoms with Gasteiger partial charge in [0.05, 0.1) is 12.2 Å². The standard InChI is InChI=1S/C8H10N2O2/c11-9-5-7-3-1-2-4-8(7)10(12)6-9/h1-4,11-12H,5-6H2. The summed E-state index contributed by atoms with van der Waals surface area (Å²) in [4.78, 5) is 0. The van der Waals surface area contributed by atoms with Crippen molar-refractivity contribution < 1.29 is 10.4 Å². The SMILES string of the molecule is ON1Cc2ccccc2N(O)C1. The third-order valence-corrected chi connectivity index (χ3v) is 1.92. The maximum atomic E-state index is 9.36. The Morgan fingerprint density at radius 1 is 1.17 bits per heavy atom. The first-order valence-electron chi connectivity index (χ1n) is 3.75. The summed E-state index contributed by atoms with van der Waals surface area (Å²) in [7, 11) is 0. The van der Waals surface area contributed by atoms with Crippen LogP contribution in [0.2, 0.25) is 0 Å². The molecule has 4 nitrogen and oxygen atoms in total. The molecule has 0 aromatic heterocycles. The summed E-state index contributed by atoms with van der Waals surface area (Å²) in [5.41, 5.74) is 1.69. The van der Waals surface area contributed by atoms with Crippen LogP contribution in [0.15, 0.2) is 24.3 Å². The Hall–Kier alpha value is -1.10. The van der Waals surface area contributed by atoms with Crippen molar-refractivity contribution in [2.45, 2.75) is 6.54 Å². The van der Waals surface area contributed by atoms with Gasteiger partial charge in [-0.1, -0.05) is 18.2 Å². The molecule has 1 aliphatic heterocycles. The van der Waals surface area contributed by atoms with E-state index in [0.717, 1.165) is 21.4 Å². The van der Waals surface area contributed by atoms with Crippen molar-refractivity contribution in [2.75, 3.05) is 11.7 Å². The first-order valence-corrected chi connectivity index (χ1v) is 3.75. The molecule has 0 amide bonds. The van der Waals surface area contributed by atoms with Crippen LogP contribution in [0.25, 0.3) is 0 Å². The number of benzene rings is 1. The number of hydroxylamine groups is 3. The first-order chi connectivity index (χ1) is 5.77. The van der Waals surface area contributed by atoms with E-state index >= 15 is 0 Å². The van der Waals surface area contributed by atoms with Crippen LogP contribution in [0.5, 0.6) is 0 Å². The van der Waals surface area contributed by atoms with Crippen LogP contribution in [0.3, 0.4) is 0 Å². The molecule has 1 aromatic carbocycles. The highest BCUT2D eigenvalue weighted by atomic mass is 16.5. The van der Waals surface area contributed by atoms with Crippen LogP contribution in [-0.2, 0) is 6.54 Å². The van der Waals surface area contributed by atoms with Gasteiger partial charge in [0, 0.05) is 0 Å². The van der Waals surface area contributed by atoms with E-state index in [0.29, 0.717) is 6.54 Å². The van der Waals surface area contributed by atoms with Gasteiger partial charge in [-0.3, -0.25) is 5.21 Å². The molecule has 64 valence electrons. The monoisotopic (exact) mass is 166 g/mol. The minimum Gasteiger partial charge on any atom is -0.312 e. The van der Waals surface area contributed by atoms with E-state index in [1.165, 1.54) is 0 Å². The molecule has 0 unspecified atom stereocenters. The van der Waals surface area contributed by atoms with E-state index in [1.807, 2.05) is 24.3 Å². The zero-order valence-corrected chi connectivity index (χ0v) is 6.51. The molecule has 0 aliphatic carbocycles. The molecule has 2 rings (SSSR count). The van der Waals surface area contributed by atoms with Crippen molar-refractivity contribution in [1.82, 2.24) is 5.06 Å². The van der Waals surface area contributed by atoms with Gasteiger partial charge in [0.2, 0.25) is 0 Å². The largest absolute Gasteiger partial charge is 0.312 e. The maximum absolute atomic E-state index is 9.36. The quantitative estimate of drug-likeness (QED) is 0.604. The summed E-state index contributed by atoms with van der Waals surface area (Å²) in [6.45, 7) is 0.601. The second kappa shape index (κ2) is 2.75. The van der Waals surface area contributed by atoms with Gasteiger partial charge in [-0.2, -0.15) is 5.06 Å². The smallest absolute Gasteiger partial charge is 0.121 e. The lowest BCUT2D eigenvalue weighted by Gasteiger charge is -2.30. The highest BCUT2D eigenvalue weighted by Gasteiger charge is 2.18. The van der Waals surface area contributed by atoms with E-state index < -0.39 is 0 Å². The Morgan fingerprint density at radius 2 is 1.92 bits per heavy atom. The Kier molecular flexibility index (Phi) is 1.73. The molecule has 0 saturated heterocycles. The normalized spacial score (nSPS) is 17.7. The molecule has 12 heavy (non-hydrogen) atoms. The summed E-state index contributed by atoms with van der Waals surface area (Å²) < 4.78 is 0. The minimum atomic E-state index is 0.136. The van der Waals surface area contributed by atoms with Crippen molar-refractivity contribution in [1.29, 1.82) is 0 Å². The molecular formula is C8H10N2O2. The van der Waals surface area contributed by atoms with Gasteiger partial charge < -0.3 is 5.21 Å². The predicted molar refractivity (Wildman–Crippen MR) is 42.9 cm³/mol. The average molecular weight is 166 g/mol. The highest BCUT2D eigenvalue weighted by Crippen LogP contribution is 2.23. The lowest BCUT2D eigenvalue weighted by molar-refractivity contribution is -0.117. The molecule has 0 spiro atoms. The second-order valence-electron chi connectivity index (χ2n) is 2.83. The third-order valence-electron chi connectivity index (χ3n) is 1.92. The van der Waals surface area contributed by atoms with E-state index in [1.54, 1.807) is 0 Å². The Labute approximate surface area is 70.2 Å². The molecular weight excluding hydrogens is 156 g/mol. The summed E-state index contributed by atoms with van der Waals surface area (Å²) in [5.74, 6) is 0. The van der Waals surface area contributed by atoms with Crippen molar-refractivity contribution in [3.05, 3.63) is 29.8 Å². The predicted octanol–water partition coefficient (Wildman–Crippen LogP) is 1.04. The number of para-hydroxylation sites is 1. The van der Waals surface area contributed by atoms with Gasteiger partial charge >= 0.3 is 0 Å². The van der Waals surface area contributed by atoms with E-state index in [9.17, 15) is 5.21 Å². The molecule has 0 radical (unpaired) electrons. The fourth-order valence-electron chi connectivity index (χ4n) is 1.37. The third kappa shape index (κ3) is 1.16. The van der Waals surface area contributed by atoms with E-state index in [-0.39, 0.29) is 6.67 Å². The molecule has 0 fully saturated rings. The molecule has 1 aromatic rings. The number of anilines is 1. The number of rotatable bonds is 0. The molecule has 1 heterocycles. The number of nitrogens with zero attached hydrogens (tertiary/aromatic N) is 2. The average Bonchev–Trinajstić information content (AvgIpc) is 2.04. The van der Waals surface area contributed by atoms with Crippen LogP contribution in [0.4, 0.5) is 5.69 Å². The highest BCUT2D eigenvalue weighted by molar-refractivity contribution is 5.52. The van der Waals surface area contributed by atoms with Crippen LogP contribution >= 0.6 is 0 Å². The summed E-state index contributed by atoms with van der Waals surface area (Å²) in [5, 5.41) is 20.6. The summed E-state index contributed by atoms with van der Waals surface area (Å²) in [6, 6.07) is 7.43. The topological polar surface area (TPSA) is 46.9 Å². The molecule has 0 saturated carbocycles. The number of hydrogen-bond donors (Lipinski definition) is 2. The van der Waals surface area contributed by atoms with Gasteiger partial charge in [-0.15, -0.1) is 0 Å². The van der Waals surface area contributed by atoms with Gasteiger partial charge in [-0.25, -0.2) is 5.06 Å². The zero-order chi connectivity index (χ0) is 8.55. The fraction of sp³-hybridized carbons (Fsp3) is 0.250. The lowest BCUT2D eigenvalue weighted by Crippen LogP contribution is -2.38. The molecule has 4 heteroatoms. The van der Waals surface area contributed by atoms with Crippen LogP contribution in [0, 0.1) is 0 Å². The number of hydrogen-bond acceptors (Lipinski definition) is 4. The first kappa shape index (κ1) is 7.54. The second-order valence-corrected chi connectivity index (χ2v) is 2.83. The summed E-state index contributed by atoms with van der Waals surface area (Å²) >= 11 is 0. The zero-order valence-electron chi connectivity index (χ0n) is 6.51. The molecule has 0 atom stereocenters. The summed E-state index contributed by atoms with van der Waals surface area (Å²) in [6.07, 6.45) is 0. The van der Waals surface area contributed by atoms with Gasteiger partial charge in [0.25, 0.3) is 0 Å². The van der Waals surface area contributed by atoms with E-state index in [4.69, 9.17) is 5.21 Å². The van der Waals surface area contributed by atoms with Crippen LogP contribution < -0.4 is 5.06 Å². The lowest BCUT2D eigenvalue weighted by atomic mass is 10.1. The fourth-order valence-corrected chi connectivity index (χ4v) is 1.37. The molecule has 2 N–H and O–H groups in total. The minimum absolute atomic E-state index is 0.136. The van der Waals surface area contributed by atoms with Crippen molar-refractivity contribution in [2.24, 2.45) is 0 Å². The Balaban J connectivity index is 2.40. The van der Waals surface area contributed by atoms with Crippen molar-refractivity contribution in [3.63, 3.8) is 0 Å². The van der Waals surface area contributed by atoms with Crippen molar-refractivity contribution in [3.8, 4) is 0 Å². The van der Waals surface area contributed by atoms with Crippen molar-refractivity contribution >= 4 is 5.69 Å².